The Morgan fingerprint density at radius 1 is 1.71 bits per heavy atom. The largest absolute Gasteiger partial charge is 0.480 e. The summed E-state index contributed by atoms with van der Waals surface area (Å²) in [4.78, 5) is 17.9. The van der Waals surface area contributed by atoms with Gasteiger partial charge in [-0.25, -0.2) is 4.98 Å². The van der Waals surface area contributed by atoms with Crippen molar-refractivity contribution >= 4 is 29.3 Å². The molecule has 0 amide bonds. The number of carboxylic acids is 1. The van der Waals surface area contributed by atoms with Gasteiger partial charge in [0.25, 0.3) is 0 Å². The van der Waals surface area contributed by atoms with E-state index in [1.165, 1.54) is 13.0 Å². The van der Waals surface area contributed by atoms with Crippen LogP contribution >= 0.6 is 11.6 Å². The second-order valence-electron chi connectivity index (χ2n) is 2.64. The summed E-state index contributed by atoms with van der Waals surface area (Å²) in [7, 11) is 0. The van der Waals surface area contributed by atoms with Crippen LogP contribution in [0.25, 0.3) is 0 Å². The number of aromatic nitrogens is 2. The van der Waals surface area contributed by atoms with Crippen LogP contribution in [0.5, 0.6) is 0 Å². The molecule has 0 aliphatic heterocycles. The molecule has 0 unspecified atom stereocenters. The minimum Gasteiger partial charge on any atom is -0.480 e. The van der Waals surface area contributed by atoms with Crippen molar-refractivity contribution in [3.8, 4) is 0 Å². The fraction of sp³-hybridized carbons (Fsp3) is 0.286. The van der Waals surface area contributed by atoms with Crippen molar-refractivity contribution in [3.05, 3.63) is 11.2 Å². The topological polar surface area (TPSA) is 101 Å². The molecule has 1 aromatic heterocycles. The van der Waals surface area contributed by atoms with Crippen molar-refractivity contribution in [3.63, 3.8) is 0 Å². The van der Waals surface area contributed by atoms with Crippen molar-refractivity contribution in [1.29, 1.82) is 0 Å². The van der Waals surface area contributed by atoms with Gasteiger partial charge in [0.15, 0.2) is 0 Å². The number of nitrogens with two attached hydrogens (primary N) is 1. The summed E-state index contributed by atoms with van der Waals surface area (Å²) in [6, 6.07) is 0.637. The number of rotatable bonds is 3. The van der Waals surface area contributed by atoms with E-state index < -0.39 is 12.0 Å². The van der Waals surface area contributed by atoms with E-state index in [0.717, 1.165) is 0 Å². The van der Waals surface area contributed by atoms with Gasteiger partial charge in [-0.1, -0.05) is 11.6 Å². The van der Waals surface area contributed by atoms with Gasteiger partial charge in [-0.05, 0) is 6.92 Å². The number of nitrogens with one attached hydrogen (secondary N) is 1. The van der Waals surface area contributed by atoms with Gasteiger partial charge in [0, 0.05) is 6.07 Å². The van der Waals surface area contributed by atoms with E-state index in [1.807, 2.05) is 0 Å². The van der Waals surface area contributed by atoms with Gasteiger partial charge in [-0.3, -0.25) is 4.79 Å². The number of hydrogen-bond acceptors (Lipinski definition) is 5. The summed E-state index contributed by atoms with van der Waals surface area (Å²) in [6.45, 7) is 1.48. The Morgan fingerprint density at radius 2 is 2.36 bits per heavy atom. The molecule has 7 heteroatoms. The molecule has 0 aromatic carbocycles. The van der Waals surface area contributed by atoms with Crippen LogP contribution in [-0.2, 0) is 4.79 Å². The monoisotopic (exact) mass is 216 g/mol. The molecule has 0 aliphatic rings. The number of nitrogen functional groups attached to an aromatic ring is 1. The van der Waals surface area contributed by atoms with E-state index >= 15 is 0 Å². The normalized spacial score (nSPS) is 12.1. The van der Waals surface area contributed by atoms with Crippen LogP contribution in [0.4, 0.5) is 11.8 Å². The summed E-state index contributed by atoms with van der Waals surface area (Å²) < 4.78 is 0. The standard InChI is InChI=1S/C7H9ClN4O2/c1-3(6(13)14)10-5-2-4(8)11-7(9)12-5/h2-3H,1H3,(H,13,14)(H3,9,10,11,12)/t3-/m0/s1. The number of carbonyl (C=O) groups is 1. The zero-order chi connectivity index (χ0) is 10.7. The summed E-state index contributed by atoms with van der Waals surface area (Å²) in [5.74, 6) is -0.701. The second-order valence-corrected chi connectivity index (χ2v) is 3.03. The van der Waals surface area contributed by atoms with E-state index in [-0.39, 0.29) is 16.9 Å². The quantitative estimate of drug-likeness (QED) is 0.640. The van der Waals surface area contributed by atoms with Crippen LogP contribution in [0.15, 0.2) is 6.07 Å². The zero-order valence-electron chi connectivity index (χ0n) is 7.36. The molecule has 76 valence electrons. The lowest BCUT2D eigenvalue weighted by Crippen LogP contribution is -2.26. The number of halogens is 1. The van der Waals surface area contributed by atoms with Crippen molar-refractivity contribution < 1.29 is 9.90 Å². The Kier molecular flexibility index (Phi) is 3.08. The number of carboxylic acid groups (broad SMARTS) is 1. The fourth-order valence-electron chi connectivity index (χ4n) is 0.793. The van der Waals surface area contributed by atoms with Crippen LogP contribution in [0.1, 0.15) is 6.92 Å². The highest BCUT2D eigenvalue weighted by atomic mass is 35.5. The van der Waals surface area contributed by atoms with Gasteiger partial charge < -0.3 is 16.2 Å². The van der Waals surface area contributed by atoms with Crippen LogP contribution in [-0.4, -0.2) is 27.1 Å². The van der Waals surface area contributed by atoms with Crippen molar-refractivity contribution in [2.45, 2.75) is 13.0 Å². The molecule has 0 radical (unpaired) electrons. The van der Waals surface area contributed by atoms with Crippen LogP contribution in [0.3, 0.4) is 0 Å². The third-order valence-corrected chi connectivity index (χ3v) is 1.64. The molecule has 4 N–H and O–H groups in total. The first kappa shape index (κ1) is 10.5. The highest BCUT2D eigenvalue weighted by Crippen LogP contribution is 2.13. The van der Waals surface area contributed by atoms with Crippen LogP contribution in [0.2, 0.25) is 5.15 Å². The van der Waals surface area contributed by atoms with E-state index in [2.05, 4.69) is 15.3 Å². The van der Waals surface area contributed by atoms with E-state index in [9.17, 15) is 4.79 Å². The minimum absolute atomic E-state index is 0.00223. The van der Waals surface area contributed by atoms with Crippen molar-refractivity contribution in [2.24, 2.45) is 0 Å². The Bertz CT molecular complexity index is 337. The summed E-state index contributed by atoms with van der Waals surface area (Å²) in [5.41, 5.74) is 5.32. The lowest BCUT2D eigenvalue weighted by Gasteiger charge is -2.09. The zero-order valence-corrected chi connectivity index (χ0v) is 8.12. The van der Waals surface area contributed by atoms with E-state index in [1.54, 1.807) is 0 Å². The van der Waals surface area contributed by atoms with Gasteiger partial charge in [0.05, 0.1) is 0 Å². The average molecular weight is 217 g/mol. The molecule has 1 rings (SSSR count). The predicted molar refractivity (Wildman–Crippen MR) is 52.2 cm³/mol. The first-order valence-electron chi connectivity index (χ1n) is 3.78. The molecule has 6 nitrogen and oxygen atoms in total. The van der Waals surface area contributed by atoms with Crippen LogP contribution in [0, 0.1) is 0 Å². The molecule has 0 spiro atoms. The summed E-state index contributed by atoms with van der Waals surface area (Å²) in [5, 5.41) is 11.4. The molecule has 0 saturated carbocycles. The molecule has 1 aromatic rings. The van der Waals surface area contributed by atoms with Gasteiger partial charge >= 0.3 is 5.97 Å². The molecule has 0 saturated heterocycles. The lowest BCUT2D eigenvalue weighted by atomic mass is 10.3. The first-order valence-corrected chi connectivity index (χ1v) is 4.16. The first-order chi connectivity index (χ1) is 6.49. The Labute approximate surface area is 85.1 Å². The van der Waals surface area contributed by atoms with Gasteiger partial charge in [-0.2, -0.15) is 4.98 Å². The molecular weight excluding hydrogens is 208 g/mol. The van der Waals surface area contributed by atoms with Gasteiger partial charge in [0.1, 0.15) is 17.0 Å². The SMILES string of the molecule is C[C@H](Nc1cc(Cl)nc(N)n1)C(=O)O. The summed E-state index contributed by atoms with van der Waals surface area (Å²) in [6.07, 6.45) is 0. The molecule has 1 heterocycles. The molecule has 0 fully saturated rings. The average Bonchev–Trinajstić information content (AvgIpc) is 2.01. The Balaban J connectivity index is 2.81. The maximum Gasteiger partial charge on any atom is 0.325 e. The van der Waals surface area contributed by atoms with Gasteiger partial charge in [-0.15, -0.1) is 0 Å². The number of hydrogen-bond donors (Lipinski definition) is 3. The molecule has 0 aliphatic carbocycles. The number of anilines is 2. The smallest absolute Gasteiger partial charge is 0.325 e. The lowest BCUT2D eigenvalue weighted by molar-refractivity contribution is -0.137. The predicted octanol–water partition coefficient (Wildman–Crippen LogP) is 0.597. The van der Waals surface area contributed by atoms with E-state index in [4.69, 9.17) is 22.4 Å². The maximum atomic E-state index is 10.5. The van der Waals surface area contributed by atoms with Gasteiger partial charge in [0.2, 0.25) is 5.95 Å². The Morgan fingerprint density at radius 3 is 2.86 bits per heavy atom. The highest BCUT2D eigenvalue weighted by molar-refractivity contribution is 6.29. The second kappa shape index (κ2) is 4.10. The number of aliphatic carboxylic acids is 1. The van der Waals surface area contributed by atoms with Crippen molar-refractivity contribution in [1.82, 2.24) is 9.97 Å². The molecule has 1 atom stereocenters. The fourth-order valence-corrected chi connectivity index (χ4v) is 0.983. The highest BCUT2D eigenvalue weighted by Gasteiger charge is 2.11. The minimum atomic E-state index is -0.988. The molecule has 0 bridgehead atoms. The Hall–Kier alpha value is -1.56. The third kappa shape index (κ3) is 2.74. The number of nitrogens with zero attached hydrogens (tertiary/aromatic N) is 2. The van der Waals surface area contributed by atoms with E-state index in [0.29, 0.717) is 0 Å². The summed E-state index contributed by atoms with van der Waals surface area (Å²) >= 11 is 5.59. The van der Waals surface area contributed by atoms with Crippen LogP contribution < -0.4 is 11.1 Å². The molecule has 14 heavy (non-hydrogen) atoms. The third-order valence-electron chi connectivity index (χ3n) is 1.45. The van der Waals surface area contributed by atoms with Crippen molar-refractivity contribution in [2.75, 3.05) is 11.1 Å². The molecular formula is C7H9ClN4O2. The maximum absolute atomic E-state index is 10.5.